The van der Waals surface area contributed by atoms with Gasteiger partial charge < -0.3 is 14.5 Å². The summed E-state index contributed by atoms with van der Waals surface area (Å²) in [5, 5.41) is 9.71. The van der Waals surface area contributed by atoms with Gasteiger partial charge in [0, 0.05) is 19.2 Å². The van der Waals surface area contributed by atoms with E-state index in [2.05, 4.69) is 23.0 Å². The van der Waals surface area contributed by atoms with E-state index in [0.717, 1.165) is 56.4 Å². The molecule has 0 N–H and O–H groups in total. The highest BCUT2D eigenvalue weighted by atomic mass is 32.1. The van der Waals surface area contributed by atoms with Gasteiger partial charge in [0.1, 0.15) is 11.6 Å². The molecule has 1 amide bonds. The summed E-state index contributed by atoms with van der Waals surface area (Å²) in [5.41, 5.74) is 2.26. The molecular formula is C25H27N5O2S. The molecule has 3 aliphatic rings. The molecule has 1 saturated carbocycles. The summed E-state index contributed by atoms with van der Waals surface area (Å²) < 4.78 is 6.09. The standard InChI is InChI=1S/C25H27N5O2S/c1-17-14-19(5-4-18(17)15-26)29-23(31)25(10-3-11-25)30(24(29)33)20-6-7-22(27-16-20)32-21-8-12-28(2)13-9-21/h4-7,14,16,21H,3,8-13H2,1-2H3. The highest BCUT2D eigenvalue weighted by molar-refractivity contribution is 7.81. The summed E-state index contributed by atoms with van der Waals surface area (Å²) in [6.07, 6.45) is 6.42. The number of amides is 1. The van der Waals surface area contributed by atoms with Gasteiger partial charge in [0.15, 0.2) is 5.11 Å². The summed E-state index contributed by atoms with van der Waals surface area (Å²) >= 11 is 5.83. The van der Waals surface area contributed by atoms with Crippen LogP contribution in [0.4, 0.5) is 11.4 Å². The third-order valence-electron chi connectivity index (χ3n) is 7.11. The smallest absolute Gasteiger partial charge is 0.259 e. The Bertz CT molecular complexity index is 1130. The number of hydrogen-bond donors (Lipinski definition) is 0. The second-order valence-electron chi connectivity index (χ2n) is 9.23. The van der Waals surface area contributed by atoms with Crippen molar-refractivity contribution in [1.82, 2.24) is 9.88 Å². The van der Waals surface area contributed by atoms with Gasteiger partial charge >= 0.3 is 0 Å². The van der Waals surface area contributed by atoms with Crippen LogP contribution in [0.5, 0.6) is 5.88 Å². The van der Waals surface area contributed by atoms with Crippen LogP contribution < -0.4 is 14.5 Å². The number of carbonyl (C=O) groups excluding carboxylic acids is 1. The van der Waals surface area contributed by atoms with E-state index in [1.165, 1.54) is 0 Å². The van der Waals surface area contributed by atoms with Crippen molar-refractivity contribution in [1.29, 1.82) is 5.26 Å². The summed E-state index contributed by atoms with van der Waals surface area (Å²) in [4.78, 5) is 24.0. The highest BCUT2D eigenvalue weighted by Crippen LogP contribution is 2.47. The van der Waals surface area contributed by atoms with Crippen molar-refractivity contribution in [2.24, 2.45) is 0 Å². The van der Waals surface area contributed by atoms with Gasteiger partial charge in [-0.3, -0.25) is 9.69 Å². The van der Waals surface area contributed by atoms with Crippen LogP contribution in [0.3, 0.4) is 0 Å². The van der Waals surface area contributed by atoms with Gasteiger partial charge in [-0.05, 0) is 88.1 Å². The Morgan fingerprint density at radius 3 is 2.48 bits per heavy atom. The van der Waals surface area contributed by atoms with Crippen molar-refractivity contribution in [3.63, 3.8) is 0 Å². The maximum Gasteiger partial charge on any atom is 0.259 e. The number of anilines is 2. The lowest BCUT2D eigenvalue weighted by Gasteiger charge is -2.42. The second-order valence-corrected chi connectivity index (χ2v) is 9.59. The first-order valence-corrected chi connectivity index (χ1v) is 11.8. The van der Waals surface area contributed by atoms with Gasteiger partial charge in [-0.25, -0.2) is 4.98 Å². The molecule has 5 rings (SSSR count). The Morgan fingerprint density at radius 2 is 1.91 bits per heavy atom. The molecule has 0 radical (unpaired) electrons. The largest absolute Gasteiger partial charge is 0.474 e. The number of thiocarbonyl (C=S) groups is 1. The van der Waals surface area contributed by atoms with Gasteiger partial charge in [0.2, 0.25) is 5.88 Å². The number of likely N-dealkylation sites (tertiary alicyclic amines) is 1. The number of rotatable bonds is 4. The van der Waals surface area contributed by atoms with Crippen LogP contribution in [0.1, 0.15) is 43.2 Å². The maximum atomic E-state index is 13.6. The van der Waals surface area contributed by atoms with Crippen molar-refractivity contribution >= 4 is 34.6 Å². The normalized spacial score (nSPS) is 20.8. The average molecular weight is 462 g/mol. The molecule has 1 aromatic carbocycles. The Labute approximate surface area is 199 Å². The third-order valence-corrected chi connectivity index (χ3v) is 7.48. The van der Waals surface area contributed by atoms with Crippen molar-refractivity contribution in [2.75, 3.05) is 29.9 Å². The first-order chi connectivity index (χ1) is 15.9. The molecule has 0 atom stereocenters. The number of ether oxygens (including phenoxy) is 1. The topological polar surface area (TPSA) is 72.7 Å². The number of nitriles is 1. The van der Waals surface area contributed by atoms with Gasteiger partial charge in [-0.2, -0.15) is 5.26 Å². The first kappa shape index (κ1) is 21.8. The van der Waals surface area contributed by atoms with E-state index in [1.807, 2.05) is 30.0 Å². The van der Waals surface area contributed by atoms with E-state index in [4.69, 9.17) is 17.0 Å². The molecule has 3 heterocycles. The van der Waals surface area contributed by atoms with Gasteiger partial charge in [0.05, 0.1) is 29.2 Å². The minimum Gasteiger partial charge on any atom is -0.474 e. The van der Waals surface area contributed by atoms with Crippen LogP contribution in [-0.2, 0) is 4.79 Å². The highest BCUT2D eigenvalue weighted by Gasteiger charge is 2.59. The lowest BCUT2D eigenvalue weighted by atomic mass is 9.75. The molecule has 8 heteroatoms. The van der Waals surface area contributed by atoms with Crippen LogP contribution in [-0.4, -0.2) is 52.7 Å². The number of pyridine rings is 1. The van der Waals surface area contributed by atoms with Crippen LogP contribution in [0.2, 0.25) is 0 Å². The van der Waals surface area contributed by atoms with Crippen molar-refractivity contribution < 1.29 is 9.53 Å². The zero-order chi connectivity index (χ0) is 23.2. The zero-order valence-corrected chi connectivity index (χ0v) is 19.8. The SMILES string of the molecule is Cc1cc(N2C(=O)C3(CCC3)N(c3ccc(OC4CCN(C)CC4)nc3)C2=S)ccc1C#N. The van der Waals surface area contributed by atoms with E-state index in [0.29, 0.717) is 22.2 Å². The Hall–Kier alpha value is -3.02. The minimum absolute atomic E-state index is 0.00508. The molecule has 1 aromatic heterocycles. The fourth-order valence-electron chi connectivity index (χ4n) is 4.97. The molecule has 1 spiro atoms. The van der Waals surface area contributed by atoms with Crippen LogP contribution in [0.25, 0.3) is 0 Å². The van der Waals surface area contributed by atoms with Gasteiger partial charge in [-0.1, -0.05) is 0 Å². The summed E-state index contributed by atoms with van der Waals surface area (Å²) in [5.74, 6) is 0.599. The number of aromatic nitrogens is 1. The predicted molar refractivity (Wildman–Crippen MR) is 130 cm³/mol. The number of nitrogens with zero attached hydrogens (tertiary/aromatic N) is 5. The molecule has 33 heavy (non-hydrogen) atoms. The molecule has 2 aliphatic heterocycles. The van der Waals surface area contributed by atoms with Crippen LogP contribution in [0, 0.1) is 18.3 Å². The molecule has 0 unspecified atom stereocenters. The van der Waals surface area contributed by atoms with Crippen molar-refractivity contribution in [3.05, 3.63) is 47.7 Å². The zero-order valence-electron chi connectivity index (χ0n) is 19.0. The van der Waals surface area contributed by atoms with E-state index in [1.54, 1.807) is 23.2 Å². The number of carbonyl (C=O) groups is 1. The van der Waals surface area contributed by atoms with E-state index >= 15 is 0 Å². The summed E-state index contributed by atoms with van der Waals surface area (Å²) in [6.45, 7) is 3.93. The second kappa shape index (κ2) is 8.40. The molecular weight excluding hydrogens is 434 g/mol. The molecule has 3 fully saturated rings. The fraction of sp³-hybridized carbons (Fsp3) is 0.440. The van der Waals surface area contributed by atoms with Crippen LogP contribution in [0.15, 0.2) is 36.5 Å². The number of hydrogen-bond acceptors (Lipinski definition) is 6. The number of piperidine rings is 1. The Kier molecular flexibility index (Phi) is 5.55. The van der Waals surface area contributed by atoms with E-state index in [9.17, 15) is 10.1 Å². The summed E-state index contributed by atoms with van der Waals surface area (Å²) in [7, 11) is 2.13. The fourth-order valence-corrected chi connectivity index (χ4v) is 5.44. The molecule has 170 valence electrons. The van der Waals surface area contributed by atoms with E-state index in [-0.39, 0.29) is 12.0 Å². The maximum absolute atomic E-state index is 13.6. The van der Waals surface area contributed by atoms with Gasteiger partial charge in [0.25, 0.3) is 5.91 Å². The molecule has 2 saturated heterocycles. The number of benzene rings is 1. The molecule has 1 aliphatic carbocycles. The molecule has 7 nitrogen and oxygen atoms in total. The quantitative estimate of drug-likeness (QED) is 0.642. The Balaban J connectivity index is 1.40. The Morgan fingerprint density at radius 1 is 1.18 bits per heavy atom. The first-order valence-electron chi connectivity index (χ1n) is 11.4. The molecule has 2 aromatic rings. The third kappa shape index (κ3) is 3.65. The average Bonchev–Trinajstić information content (AvgIpc) is 3.02. The van der Waals surface area contributed by atoms with Crippen LogP contribution >= 0.6 is 12.2 Å². The van der Waals surface area contributed by atoms with Crippen molar-refractivity contribution in [2.45, 2.75) is 50.7 Å². The monoisotopic (exact) mass is 461 g/mol. The van der Waals surface area contributed by atoms with Gasteiger partial charge in [-0.15, -0.1) is 0 Å². The van der Waals surface area contributed by atoms with E-state index < -0.39 is 5.54 Å². The lowest BCUT2D eigenvalue weighted by Crippen LogP contribution is -2.55. The van der Waals surface area contributed by atoms with Crippen molar-refractivity contribution in [3.8, 4) is 11.9 Å². The predicted octanol–water partition coefficient (Wildman–Crippen LogP) is 3.80. The molecule has 0 bridgehead atoms. The summed E-state index contributed by atoms with van der Waals surface area (Å²) in [6, 6.07) is 11.4. The minimum atomic E-state index is -0.656. The lowest BCUT2D eigenvalue weighted by molar-refractivity contribution is -0.123. The number of aryl methyl sites for hydroxylation is 1.